The third-order valence-corrected chi connectivity index (χ3v) is 2.51. The van der Waals surface area contributed by atoms with E-state index in [1.807, 2.05) is 6.07 Å². The van der Waals surface area contributed by atoms with Gasteiger partial charge in [0.05, 0.1) is 19.8 Å². The van der Waals surface area contributed by atoms with Crippen molar-refractivity contribution in [3.05, 3.63) is 65.7 Å². The van der Waals surface area contributed by atoms with Gasteiger partial charge < -0.3 is 9.84 Å². The van der Waals surface area contributed by atoms with Crippen molar-refractivity contribution in [2.45, 2.75) is 0 Å². The number of methoxy groups -OCH3 is 1. The monoisotopic (exact) mass is 304 g/mol. The number of carboxylic acids is 1. The smallest absolute Gasteiger partial charge is 0.373 e. The lowest BCUT2D eigenvalue weighted by Gasteiger charge is -2.01. The maximum Gasteiger partial charge on any atom is 0.373 e. The standard InChI is InChI=1S/2C8H8O3/c1-10-11-8(9)7-5-3-2-4-6-7;1-11-7-5-3-2-4-6(7)8(9)10/h2-6H,1H3;2-5H,1H3,(H,9,10). The van der Waals surface area contributed by atoms with Crippen LogP contribution in [0, 0.1) is 0 Å². The number of benzene rings is 2. The zero-order chi connectivity index (χ0) is 16.4. The first-order valence-corrected chi connectivity index (χ1v) is 6.26. The van der Waals surface area contributed by atoms with Gasteiger partial charge in [0.1, 0.15) is 11.3 Å². The largest absolute Gasteiger partial charge is 0.496 e. The van der Waals surface area contributed by atoms with Crippen molar-refractivity contribution >= 4 is 11.9 Å². The predicted molar refractivity (Wildman–Crippen MR) is 78.8 cm³/mol. The zero-order valence-electron chi connectivity index (χ0n) is 12.2. The molecule has 6 heteroatoms. The van der Waals surface area contributed by atoms with Crippen molar-refractivity contribution in [3.8, 4) is 5.75 Å². The van der Waals surface area contributed by atoms with Gasteiger partial charge in [0.15, 0.2) is 0 Å². The highest BCUT2D eigenvalue weighted by Crippen LogP contribution is 2.16. The van der Waals surface area contributed by atoms with Gasteiger partial charge in [-0.2, -0.15) is 4.89 Å². The van der Waals surface area contributed by atoms with Crippen LogP contribution in [0.4, 0.5) is 0 Å². The van der Waals surface area contributed by atoms with Crippen molar-refractivity contribution in [1.29, 1.82) is 0 Å². The average Bonchev–Trinajstić information content (AvgIpc) is 2.56. The molecule has 0 atom stereocenters. The molecule has 2 rings (SSSR count). The van der Waals surface area contributed by atoms with E-state index in [2.05, 4.69) is 9.78 Å². The number of carboxylic acid groups (broad SMARTS) is 1. The highest BCUT2D eigenvalue weighted by Gasteiger charge is 2.07. The fourth-order valence-electron chi connectivity index (χ4n) is 1.52. The SMILES string of the molecule is COOC(=O)c1ccccc1.COc1ccccc1C(=O)O. The van der Waals surface area contributed by atoms with Crippen LogP contribution in [0.2, 0.25) is 0 Å². The van der Waals surface area contributed by atoms with Crippen molar-refractivity contribution < 1.29 is 29.2 Å². The van der Waals surface area contributed by atoms with Gasteiger partial charge in [-0.15, -0.1) is 0 Å². The van der Waals surface area contributed by atoms with Crippen LogP contribution in [0.3, 0.4) is 0 Å². The number of carbonyl (C=O) groups excluding carboxylic acids is 1. The molecule has 0 unspecified atom stereocenters. The summed E-state index contributed by atoms with van der Waals surface area (Å²) in [6, 6.07) is 15.1. The molecule has 0 heterocycles. The zero-order valence-corrected chi connectivity index (χ0v) is 12.2. The van der Waals surface area contributed by atoms with Crippen LogP contribution in [0.5, 0.6) is 5.75 Å². The second-order valence-electron chi connectivity index (χ2n) is 3.91. The number of rotatable bonds is 4. The Kier molecular flexibility index (Phi) is 7.15. The lowest BCUT2D eigenvalue weighted by Crippen LogP contribution is -2.02. The van der Waals surface area contributed by atoms with Crippen molar-refractivity contribution in [3.63, 3.8) is 0 Å². The van der Waals surface area contributed by atoms with Crippen LogP contribution in [0.25, 0.3) is 0 Å². The van der Waals surface area contributed by atoms with Crippen LogP contribution in [0.15, 0.2) is 54.6 Å². The molecule has 0 saturated carbocycles. The molecule has 1 N–H and O–H groups in total. The summed E-state index contributed by atoms with van der Waals surface area (Å²) in [4.78, 5) is 29.9. The molecule has 0 bridgehead atoms. The summed E-state index contributed by atoms with van der Waals surface area (Å²) in [5.74, 6) is -1.06. The fourth-order valence-corrected chi connectivity index (χ4v) is 1.52. The van der Waals surface area contributed by atoms with Crippen molar-refractivity contribution in [2.24, 2.45) is 0 Å². The second kappa shape index (κ2) is 9.15. The molecule has 0 aliphatic carbocycles. The van der Waals surface area contributed by atoms with Gasteiger partial charge in [-0.25, -0.2) is 9.59 Å². The molecule has 0 aliphatic rings. The lowest BCUT2D eigenvalue weighted by atomic mass is 10.2. The van der Waals surface area contributed by atoms with Crippen LogP contribution in [0.1, 0.15) is 20.7 Å². The first-order chi connectivity index (χ1) is 10.6. The first-order valence-electron chi connectivity index (χ1n) is 6.26. The minimum atomic E-state index is -0.970. The van der Waals surface area contributed by atoms with Gasteiger partial charge in [-0.3, -0.25) is 4.89 Å². The minimum Gasteiger partial charge on any atom is -0.496 e. The van der Waals surface area contributed by atoms with Crippen LogP contribution < -0.4 is 4.74 Å². The molecule has 2 aromatic rings. The first kappa shape index (κ1) is 17.2. The van der Waals surface area contributed by atoms with E-state index >= 15 is 0 Å². The molecule has 6 nitrogen and oxygen atoms in total. The van der Waals surface area contributed by atoms with E-state index in [1.165, 1.54) is 20.3 Å². The Morgan fingerprint density at radius 1 is 0.909 bits per heavy atom. The van der Waals surface area contributed by atoms with Gasteiger partial charge in [0, 0.05) is 0 Å². The highest BCUT2D eigenvalue weighted by atomic mass is 17.2. The van der Waals surface area contributed by atoms with Gasteiger partial charge in [0.25, 0.3) is 0 Å². The molecule has 116 valence electrons. The number of hydrogen-bond donors (Lipinski definition) is 1. The topological polar surface area (TPSA) is 82.1 Å². The van der Waals surface area contributed by atoms with Gasteiger partial charge in [-0.05, 0) is 24.3 Å². The van der Waals surface area contributed by atoms with Crippen molar-refractivity contribution in [2.75, 3.05) is 14.2 Å². The molecule has 0 saturated heterocycles. The molecule has 0 aromatic heterocycles. The Hall–Kier alpha value is -2.86. The van der Waals surface area contributed by atoms with Crippen LogP contribution in [-0.4, -0.2) is 31.3 Å². The maximum atomic E-state index is 10.9. The third kappa shape index (κ3) is 5.26. The summed E-state index contributed by atoms with van der Waals surface area (Å²) < 4.78 is 4.83. The Balaban J connectivity index is 0.000000220. The summed E-state index contributed by atoms with van der Waals surface area (Å²) in [5, 5.41) is 8.62. The Morgan fingerprint density at radius 3 is 2.00 bits per heavy atom. The lowest BCUT2D eigenvalue weighted by molar-refractivity contribution is -0.216. The quantitative estimate of drug-likeness (QED) is 0.691. The van der Waals surface area contributed by atoms with E-state index in [9.17, 15) is 9.59 Å². The third-order valence-electron chi connectivity index (χ3n) is 2.51. The Morgan fingerprint density at radius 2 is 1.50 bits per heavy atom. The summed E-state index contributed by atoms with van der Waals surface area (Å²) in [6.45, 7) is 0. The molecular formula is C16H16O6. The average molecular weight is 304 g/mol. The number of carbonyl (C=O) groups is 2. The predicted octanol–water partition coefficient (Wildman–Crippen LogP) is 2.80. The summed E-state index contributed by atoms with van der Waals surface area (Å²) in [5.41, 5.74) is 0.671. The molecule has 0 radical (unpaired) electrons. The van der Waals surface area contributed by atoms with E-state index in [0.29, 0.717) is 11.3 Å². The summed E-state index contributed by atoms with van der Waals surface area (Å²) in [7, 11) is 2.74. The van der Waals surface area contributed by atoms with E-state index in [-0.39, 0.29) is 5.56 Å². The molecule has 0 amide bonds. The van der Waals surface area contributed by atoms with Crippen LogP contribution in [-0.2, 0) is 9.78 Å². The molecule has 0 spiro atoms. The van der Waals surface area contributed by atoms with E-state index < -0.39 is 11.9 Å². The number of ether oxygens (including phenoxy) is 1. The van der Waals surface area contributed by atoms with E-state index in [4.69, 9.17) is 9.84 Å². The fraction of sp³-hybridized carbons (Fsp3) is 0.125. The van der Waals surface area contributed by atoms with Gasteiger partial charge in [-0.1, -0.05) is 30.3 Å². The van der Waals surface area contributed by atoms with Crippen LogP contribution >= 0.6 is 0 Å². The normalized spacial score (nSPS) is 9.18. The number of para-hydroxylation sites is 1. The minimum absolute atomic E-state index is 0.190. The highest BCUT2D eigenvalue weighted by molar-refractivity contribution is 5.90. The van der Waals surface area contributed by atoms with E-state index in [0.717, 1.165) is 0 Å². The number of aromatic carboxylic acids is 1. The van der Waals surface area contributed by atoms with Gasteiger partial charge >= 0.3 is 11.9 Å². The van der Waals surface area contributed by atoms with E-state index in [1.54, 1.807) is 42.5 Å². The molecule has 2 aromatic carbocycles. The number of hydrogen-bond acceptors (Lipinski definition) is 5. The molecule has 0 fully saturated rings. The molecule has 0 aliphatic heterocycles. The van der Waals surface area contributed by atoms with Gasteiger partial charge in [0.2, 0.25) is 0 Å². The second-order valence-corrected chi connectivity index (χ2v) is 3.91. The Bertz CT molecular complexity index is 609. The summed E-state index contributed by atoms with van der Waals surface area (Å²) in [6.07, 6.45) is 0. The molecule has 22 heavy (non-hydrogen) atoms. The summed E-state index contributed by atoms with van der Waals surface area (Å²) >= 11 is 0. The Labute approximate surface area is 127 Å². The molecular weight excluding hydrogens is 288 g/mol. The maximum absolute atomic E-state index is 10.9. The van der Waals surface area contributed by atoms with Crippen molar-refractivity contribution in [1.82, 2.24) is 0 Å².